The molecule has 1 aliphatic rings. The molecule has 0 aromatic carbocycles. The molecule has 0 unspecified atom stereocenters. The van der Waals surface area contributed by atoms with E-state index in [2.05, 4.69) is 11.1 Å². The fourth-order valence-electron chi connectivity index (χ4n) is 2.52. The minimum atomic E-state index is -0.435. The summed E-state index contributed by atoms with van der Waals surface area (Å²) in [6, 6.07) is 4.08. The third-order valence-corrected chi connectivity index (χ3v) is 3.67. The summed E-state index contributed by atoms with van der Waals surface area (Å²) in [6.07, 6.45) is 3.60. The molecule has 2 rings (SSSR count). The summed E-state index contributed by atoms with van der Waals surface area (Å²) in [7, 11) is 0. The molecule has 0 bridgehead atoms. The number of hydrogen-bond acceptors (Lipinski definition) is 4. The topological polar surface area (TPSA) is 68.5 Å². The first-order valence-electron chi connectivity index (χ1n) is 7.52. The Morgan fingerprint density at radius 2 is 2.05 bits per heavy atom. The second-order valence-corrected chi connectivity index (χ2v) is 6.53. The molecule has 116 valence electrons. The molecule has 2 heterocycles. The first kappa shape index (κ1) is 15.8. The molecule has 0 radical (unpaired) electrons. The number of rotatable bonds is 2. The highest BCUT2D eigenvalue weighted by molar-refractivity contribution is 5.68. The van der Waals surface area contributed by atoms with Gasteiger partial charge in [0.1, 0.15) is 5.60 Å². The van der Waals surface area contributed by atoms with E-state index < -0.39 is 5.60 Å². The fourth-order valence-corrected chi connectivity index (χ4v) is 2.52. The van der Waals surface area contributed by atoms with Crippen molar-refractivity contribution in [2.75, 3.05) is 13.1 Å². The van der Waals surface area contributed by atoms with E-state index in [0.717, 1.165) is 31.6 Å². The van der Waals surface area contributed by atoms with E-state index in [0.29, 0.717) is 12.5 Å². The van der Waals surface area contributed by atoms with Crippen LogP contribution in [-0.2, 0) is 11.3 Å². The number of hydrogen-bond donors (Lipinski definition) is 1. The lowest BCUT2D eigenvalue weighted by atomic mass is 9.90. The van der Waals surface area contributed by atoms with Gasteiger partial charge in [0.25, 0.3) is 0 Å². The number of nitrogens with two attached hydrogens (primary N) is 1. The lowest BCUT2D eigenvalue weighted by Gasteiger charge is -2.33. The highest BCUT2D eigenvalue weighted by Gasteiger charge is 2.27. The van der Waals surface area contributed by atoms with Gasteiger partial charge < -0.3 is 15.4 Å². The third-order valence-electron chi connectivity index (χ3n) is 3.67. The summed E-state index contributed by atoms with van der Waals surface area (Å²) in [5, 5.41) is 0. The van der Waals surface area contributed by atoms with Gasteiger partial charge in [-0.3, -0.25) is 4.98 Å². The quantitative estimate of drug-likeness (QED) is 0.909. The fraction of sp³-hybridized carbons (Fsp3) is 0.625. The lowest BCUT2D eigenvalue weighted by molar-refractivity contribution is 0.0205. The summed E-state index contributed by atoms with van der Waals surface area (Å²) in [5.74, 6) is 0.461. The van der Waals surface area contributed by atoms with Crippen molar-refractivity contribution in [2.24, 2.45) is 5.73 Å². The van der Waals surface area contributed by atoms with Crippen molar-refractivity contribution in [1.29, 1.82) is 0 Å². The zero-order valence-corrected chi connectivity index (χ0v) is 13.1. The van der Waals surface area contributed by atoms with E-state index in [1.807, 2.05) is 33.0 Å². The molecule has 1 fully saturated rings. The van der Waals surface area contributed by atoms with E-state index >= 15 is 0 Å². The Hall–Kier alpha value is -1.62. The SMILES string of the molecule is CC(C)(C)OC(=O)N1CCC(c2ccc(CN)nc2)CC1. The number of likely N-dealkylation sites (tertiary alicyclic amines) is 1. The monoisotopic (exact) mass is 291 g/mol. The van der Waals surface area contributed by atoms with Crippen molar-refractivity contribution in [1.82, 2.24) is 9.88 Å². The van der Waals surface area contributed by atoms with Gasteiger partial charge in [0.15, 0.2) is 0 Å². The molecule has 5 heteroatoms. The molecule has 0 atom stereocenters. The van der Waals surface area contributed by atoms with E-state index in [-0.39, 0.29) is 6.09 Å². The van der Waals surface area contributed by atoms with Crippen LogP contribution in [0.15, 0.2) is 18.3 Å². The van der Waals surface area contributed by atoms with Crippen molar-refractivity contribution in [3.05, 3.63) is 29.6 Å². The Bertz CT molecular complexity index is 471. The Morgan fingerprint density at radius 1 is 1.38 bits per heavy atom. The van der Waals surface area contributed by atoms with Crippen molar-refractivity contribution >= 4 is 6.09 Å². The third kappa shape index (κ3) is 4.43. The van der Waals surface area contributed by atoms with Crippen LogP contribution in [0, 0.1) is 0 Å². The van der Waals surface area contributed by atoms with Gasteiger partial charge in [-0.1, -0.05) is 6.07 Å². The van der Waals surface area contributed by atoms with E-state index in [4.69, 9.17) is 10.5 Å². The maximum absolute atomic E-state index is 12.0. The Balaban J connectivity index is 1.89. The average Bonchev–Trinajstić information content (AvgIpc) is 2.46. The maximum Gasteiger partial charge on any atom is 0.410 e. The average molecular weight is 291 g/mol. The molecule has 1 aromatic rings. The zero-order valence-electron chi connectivity index (χ0n) is 13.1. The van der Waals surface area contributed by atoms with Gasteiger partial charge in [0.05, 0.1) is 5.69 Å². The second kappa shape index (κ2) is 6.43. The minimum absolute atomic E-state index is 0.211. The second-order valence-electron chi connectivity index (χ2n) is 6.53. The van der Waals surface area contributed by atoms with Crippen LogP contribution >= 0.6 is 0 Å². The van der Waals surface area contributed by atoms with Crippen molar-refractivity contribution in [2.45, 2.75) is 51.7 Å². The first-order chi connectivity index (χ1) is 9.89. The number of piperidine rings is 1. The molecule has 0 aliphatic carbocycles. The lowest BCUT2D eigenvalue weighted by Crippen LogP contribution is -2.41. The largest absolute Gasteiger partial charge is 0.444 e. The maximum atomic E-state index is 12.0. The summed E-state index contributed by atoms with van der Waals surface area (Å²) >= 11 is 0. The van der Waals surface area contributed by atoms with Gasteiger partial charge in [0.2, 0.25) is 0 Å². The summed E-state index contributed by atoms with van der Waals surface area (Å²) in [6.45, 7) is 7.61. The molecule has 1 aromatic heterocycles. The van der Waals surface area contributed by atoms with Crippen molar-refractivity contribution in [3.63, 3.8) is 0 Å². The number of pyridine rings is 1. The predicted octanol–water partition coefficient (Wildman–Crippen LogP) is 2.65. The smallest absolute Gasteiger partial charge is 0.410 e. The molecular weight excluding hydrogens is 266 g/mol. The van der Waals surface area contributed by atoms with Crippen LogP contribution in [-0.4, -0.2) is 34.7 Å². The molecule has 1 saturated heterocycles. The Morgan fingerprint density at radius 3 is 2.52 bits per heavy atom. The number of amides is 1. The molecular formula is C16H25N3O2. The first-order valence-corrected chi connectivity index (χ1v) is 7.52. The van der Waals surface area contributed by atoms with E-state index in [1.165, 1.54) is 5.56 Å². The zero-order chi connectivity index (χ0) is 15.5. The van der Waals surface area contributed by atoms with E-state index in [9.17, 15) is 4.79 Å². The Kier molecular flexibility index (Phi) is 4.83. The van der Waals surface area contributed by atoms with Gasteiger partial charge in [-0.25, -0.2) is 4.79 Å². The highest BCUT2D eigenvalue weighted by Crippen LogP contribution is 2.28. The molecule has 0 spiro atoms. The molecule has 5 nitrogen and oxygen atoms in total. The molecule has 2 N–H and O–H groups in total. The van der Waals surface area contributed by atoms with Crippen LogP contribution < -0.4 is 5.73 Å². The van der Waals surface area contributed by atoms with Crippen LogP contribution in [0.2, 0.25) is 0 Å². The number of carbonyl (C=O) groups excluding carboxylic acids is 1. The summed E-state index contributed by atoms with van der Waals surface area (Å²) in [5.41, 5.74) is 7.26. The van der Waals surface area contributed by atoms with E-state index in [1.54, 1.807) is 4.90 Å². The summed E-state index contributed by atoms with van der Waals surface area (Å²) in [4.78, 5) is 18.2. The van der Waals surface area contributed by atoms with Crippen LogP contribution in [0.3, 0.4) is 0 Å². The number of aromatic nitrogens is 1. The van der Waals surface area contributed by atoms with Crippen LogP contribution in [0.25, 0.3) is 0 Å². The van der Waals surface area contributed by atoms with Crippen LogP contribution in [0.1, 0.15) is 50.8 Å². The number of carbonyl (C=O) groups is 1. The summed E-state index contributed by atoms with van der Waals surface area (Å²) < 4.78 is 5.41. The van der Waals surface area contributed by atoms with Crippen molar-refractivity contribution in [3.8, 4) is 0 Å². The van der Waals surface area contributed by atoms with Crippen molar-refractivity contribution < 1.29 is 9.53 Å². The number of ether oxygens (including phenoxy) is 1. The predicted molar refractivity (Wildman–Crippen MR) is 81.9 cm³/mol. The van der Waals surface area contributed by atoms with Gasteiger partial charge in [-0.05, 0) is 51.2 Å². The number of nitrogens with zero attached hydrogens (tertiary/aromatic N) is 2. The standard InChI is InChI=1S/C16H25N3O2/c1-16(2,3)21-15(20)19-8-6-12(7-9-19)13-4-5-14(10-17)18-11-13/h4-5,11-12H,6-10,17H2,1-3H3. The normalized spacial score (nSPS) is 16.9. The molecule has 1 aliphatic heterocycles. The minimum Gasteiger partial charge on any atom is -0.444 e. The van der Waals surface area contributed by atoms with Gasteiger partial charge >= 0.3 is 6.09 Å². The van der Waals surface area contributed by atoms with Gasteiger partial charge in [0, 0.05) is 25.8 Å². The molecule has 21 heavy (non-hydrogen) atoms. The Labute approximate surface area is 126 Å². The van der Waals surface area contributed by atoms with Gasteiger partial charge in [-0.15, -0.1) is 0 Å². The van der Waals surface area contributed by atoms with Crippen LogP contribution in [0.5, 0.6) is 0 Å². The van der Waals surface area contributed by atoms with Gasteiger partial charge in [-0.2, -0.15) is 0 Å². The van der Waals surface area contributed by atoms with Crippen LogP contribution in [0.4, 0.5) is 4.79 Å². The molecule has 1 amide bonds. The highest BCUT2D eigenvalue weighted by atomic mass is 16.6. The molecule has 0 saturated carbocycles.